The van der Waals surface area contributed by atoms with Gasteiger partial charge in [-0.3, -0.25) is 10.1 Å². The predicted molar refractivity (Wildman–Crippen MR) is 144 cm³/mol. The highest BCUT2D eigenvalue weighted by Crippen LogP contribution is 2.31. The normalized spacial score (nSPS) is 14.8. The molecule has 37 heavy (non-hydrogen) atoms. The first kappa shape index (κ1) is 26.3. The van der Waals surface area contributed by atoms with Crippen LogP contribution >= 0.6 is 0 Å². The predicted octanol–water partition coefficient (Wildman–Crippen LogP) is 6.71. The first-order valence-electron chi connectivity index (χ1n) is 11.9. The molecule has 7 nitrogen and oxygen atoms in total. The maximum atomic E-state index is 13.4. The Morgan fingerprint density at radius 3 is 2.14 bits per heavy atom. The number of carbonyl (C=O) groups is 2. The van der Waals surface area contributed by atoms with E-state index in [1.165, 1.54) is 12.1 Å². The zero-order valence-corrected chi connectivity index (χ0v) is 22.0. The average molecular weight is 524 g/mol. The third kappa shape index (κ3) is 7.16. The molecule has 1 aliphatic carbocycles. The van der Waals surface area contributed by atoms with Crippen LogP contribution in [-0.4, -0.2) is 34.1 Å². The van der Waals surface area contributed by atoms with Gasteiger partial charge in [0.25, 0.3) is 5.91 Å². The number of amides is 2. The summed E-state index contributed by atoms with van der Waals surface area (Å²) in [5, 5.41) is 5.52. The van der Waals surface area contributed by atoms with Crippen molar-refractivity contribution in [2.24, 2.45) is 4.36 Å². The molecule has 3 aromatic rings. The van der Waals surface area contributed by atoms with Gasteiger partial charge in [-0.05, 0) is 93.3 Å². The summed E-state index contributed by atoms with van der Waals surface area (Å²) in [5.41, 5.74) is 1.78. The van der Waals surface area contributed by atoms with Crippen molar-refractivity contribution in [3.05, 3.63) is 78.1 Å². The molecule has 1 fully saturated rings. The highest BCUT2D eigenvalue weighted by molar-refractivity contribution is 7.93. The Labute approximate surface area is 216 Å². The quantitative estimate of drug-likeness (QED) is 0.375. The van der Waals surface area contributed by atoms with Crippen molar-refractivity contribution in [3.63, 3.8) is 0 Å². The molecule has 9 heteroatoms. The number of hydrogen-bond acceptors (Lipinski definition) is 5. The van der Waals surface area contributed by atoms with Crippen LogP contribution in [-0.2, 0) is 14.5 Å². The molecule has 2 N–H and O–H groups in total. The Hall–Kier alpha value is -3.72. The van der Waals surface area contributed by atoms with Crippen LogP contribution in [0.15, 0.2) is 76.0 Å². The van der Waals surface area contributed by atoms with Gasteiger partial charge in [-0.25, -0.2) is 17.8 Å². The number of anilines is 2. The fourth-order valence-corrected chi connectivity index (χ4v) is 5.11. The summed E-state index contributed by atoms with van der Waals surface area (Å²) in [6.45, 7) is 5.26. The van der Waals surface area contributed by atoms with E-state index >= 15 is 0 Å². The lowest BCUT2D eigenvalue weighted by Gasteiger charge is -2.21. The minimum atomic E-state index is -2.52. The molecular weight excluding hydrogens is 493 g/mol. The summed E-state index contributed by atoms with van der Waals surface area (Å²) in [6.07, 6.45) is 2.86. The van der Waals surface area contributed by atoms with Gasteiger partial charge in [0.2, 0.25) is 0 Å². The molecule has 1 aliphatic rings. The van der Waals surface area contributed by atoms with Crippen molar-refractivity contribution >= 4 is 33.1 Å². The van der Waals surface area contributed by atoms with Crippen molar-refractivity contribution < 1.29 is 22.9 Å². The monoisotopic (exact) mass is 523 g/mol. The maximum Gasteiger partial charge on any atom is 0.412 e. The molecule has 1 unspecified atom stereocenters. The molecule has 4 rings (SSSR count). The molecule has 0 aromatic heterocycles. The highest BCUT2D eigenvalue weighted by Gasteiger charge is 2.23. The van der Waals surface area contributed by atoms with E-state index < -0.39 is 27.3 Å². The van der Waals surface area contributed by atoms with Crippen LogP contribution in [0.1, 0.15) is 44.0 Å². The Morgan fingerprint density at radius 2 is 1.54 bits per heavy atom. The Kier molecular flexibility index (Phi) is 7.36. The highest BCUT2D eigenvalue weighted by atomic mass is 32.2. The van der Waals surface area contributed by atoms with E-state index in [4.69, 9.17) is 4.74 Å². The van der Waals surface area contributed by atoms with Gasteiger partial charge in [-0.15, -0.1) is 0 Å². The molecule has 0 heterocycles. The first-order valence-corrected chi connectivity index (χ1v) is 13.8. The van der Waals surface area contributed by atoms with E-state index in [1.807, 2.05) is 0 Å². The van der Waals surface area contributed by atoms with Gasteiger partial charge < -0.3 is 10.1 Å². The van der Waals surface area contributed by atoms with Crippen LogP contribution in [0.25, 0.3) is 11.1 Å². The summed E-state index contributed by atoms with van der Waals surface area (Å²) >= 11 is 0. The minimum absolute atomic E-state index is 0.157. The number of halogens is 1. The molecule has 194 valence electrons. The minimum Gasteiger partial charge on any atom is -0.444 e. The fourth-order valence-electron chi connectivity index (χ4n) is 3.57. The summed E-state index contributed by atoms with van der Waals surface area (Å²) in [5.74, 6) is -0.776. The number of hydrogen-bond donors (Lipinski definition) is 2. The molecule has 0 bridgehead atoms. The Morgan fingerprint density at radius 1 is 0.919 bits per heavy atom. The van der Waals surface area contributed by atoms with Gasteiger partial charge in [0.1, 0.15) is 11.4 Å². The maximum absolute atomic E-state index is 13.4. The number of nitrogens with zero attached hydrogens (tertiary/aromatic N) is 1. The molecular formula is C28H30FN3O4S. The van der Waals surface area contributed by atoms with Crippen LogP contribution in [0.5, 0.6) is 0 Å². The third-order valence-corrected chi connectivity index (χ3v) is 7.38. The van der Waals surface area contributed by atoms with Crippen LogP contribution in [0.3, 0.4) is 0 Å². The zero-order valence-electron chi connectivity index (χ0n) is 21.2. The van der Waals surface area contributed by atoms with E-state index in [0.717, 1.165) is 18.4 Å². The van der Waals surface area contributed by atoms with Gasteiger partial charge in [0, 0.05) is 16.7 Å². The van der Waals surface area contributed by atoms with Gasteiger partial charge in [-0.1, -0.05) is 18.2 Å². The largest absolute Gasteiger partial charge is 0.444 e. The van der Waals surface area contributed by atoms with Crippen molar-refractivity contribution in [2.75, 3.05) is 16.9 Å². The molecule has 0 saturated heterocycles. The second-order valence-electron chi connectivity index (χ2n) is 10.0. The first-order chi connectivity index (χ1) is 17.4. The summed E-state index contributed by atoms with van der Waals surface area (Å²) in [7, 11) is -2.52. The van der Waals surface area contributed by atoms with Gasteiger partial charge >= 0.3 is 6.09 Å². The lowest BCUT2D eigenvalue weighted by atomic mass is 10.0. The molecule has 0 radical (unpaired) electrons. The summed E-state index contributed by atoms with van der Waals surface area (Å²) < 4.78 is 36.1. The van der Waals surface area contributed by atoms with E-state index in [-0.39, 0.29) is 11.9 Å². The van der Waals surface area contributed by atoms with E-state index in [9.17, 15) is 18.2 Å². The van der Waals surface area contributed by atoms with Crippen molar-refractivity contribution in [1.29, 1.82) is 0 Å². The molecule has 3 aromatic carbocycles. The third-order valence-electron chi connectivity index (χ3n) is 5.53. The van der Waals surface area contributed by atoms with Crippen LogP contribution in [0.2, 0.25) is 0 Å². The van der Waals surface area contributed by atoms with E-state index in [2.05, 4.69) is 15.0 Å². The number of nitrogens with one attached hydrogen (secondary N) is 2. The van der Waals surface area contributed by atoms with Gasteiger partial charge in [0.05, 0.1) is 27.1 Å². The molecule has 1 atom stereocenters. The number of carbonyl (C=O) groups excluding carboxylic acids is 2. The van der Waals surface area contributed by atoms with Crippen molar-refractivity contribution in [3.8, 4) is 11.1 Å². The van der Waals surface area contributed by atoms with E-state index in [1.54, 1.807) is 81.6 Å². The molecule has 0 aliphatic heterocycles. The van der Waals surface area contributed by atoms with Crippen LogP contribution < -0.4 is 10.6 Å². The topological polar surface area (TPSA) is 96.9 Å². The number of benzene rings is 3. The fraction of sp³-hybridized carbons (Fsp3) is 0.286. The Bertz CT molecular complexity index is 1430. The average Bonchev–Trinajstić information content (AvgIpc) is 3.63. The van der Waals surface area contributed by atoms with Crippen molar-refractivity contribution in [2.45, 2.75) is 50.2 Å². The Balaban J connectivity index is 1.61. The lowest BCUT2D eigenvalue weighted by molar-refractivity contribution is 0.0635. The standard InChI is InChI=1S/C28H30FN3O4S/c1-28(2,3)36-27(34)31-24-16-9-20(18-5-10-21(29)11-6-18)17-25(24)30-26(33)19-7-14-23(15-8-19)37(4,35)32-22-12-13-22/h5-11,14-17,22H,12-13H2,1-4H3,(H,30,33)(H,31,34). The SMILES string of the molecule is CC(C)(C)OC(=O)Nc1ccc(-c2ccc(F)cc2)cc1NC(=O)c1ccc(S(C)(=O)=NC2CC2)cc1. The van der Waals surface area contributed by atoms with Crippen LogP contribution in [0.4, 0.5) is 20.6 Å². The van der Waals surface area contributed by atoms with Crippen LogP contribution in [0, 0.1) is 5.82 Å². The molecule has 0 spiro atoms. The number of rotatable bonds is 6. The summed E-state index contributed by atoms with van der Waals surface area (Å²) in [6, 6.07) is 17.7. The zero-order chi connectivity index (χ0) is 26.8. The molecule has 1 saturated carbocycles. The van der Waals surface area contributed by atoms with Crippen molar-refractivity contribution in [1.82, 2.24) is 0 Å². The van der Waals surface area contributed by atoms with Gasteiger partial charge in [-0.2, -0.15) is 0 Å². The lowest BCUT2D eigenvalue weighted by Crippen LogP contribution is -2.27. The molecule has 2 amide bonds. The number of ether oxygens (including phenoxy) is 1. The second-order valence-corrected chi connectivity index (χ2v) is 12.3. The van der Waals surface area contributed by atoms with E-state index in [0.29, 0.717) is 27.4 Å². The smallest absolute Gasteiger partial charge is 0.412 e. The summed E-state index contributed by atoms with van der Waals surface area (Å²) in [4.78, 5) is 26.1. The second kappa shape index (κ2) is 10.3. The van der Waals surface area contributed by atoms with Gasteiger partial charge in [0.15, 0.2) is 0 Å².